The Balaban J connectivity index is 1.81. The Bertz CT molecular complexity index is 972. The van der Waals surface area contributed by atoms with Crippen LogP contribution in [0.3, 0.4) is 0 Å². The number of fused-ring (bicyclic) bond motifs is 1. The fraction of sp³-hybridized carbons (Fsp3) is 0.150. The van der Waals surface area contributed by atoms with Crippen molar-refractivity contribution >= 4 is 23.5 Å². The predicted molar refractivity (Wildman–Crippen MR) is 97.9 cm³/mol. The Hall–Kier alpha value is -2.66. The summed E-state index contributed by atoms with van der Waals surface area (Å²) in [5.41, 5.74) is 1.66. The summed E-state index contributed by atoms with van der Waals surface area (Å²) in [6.07, 6.45) is 0. The normalized spacial score (nSPS) is 16.3. The van der Waals surface area contributed by atoms with Gasteiger partial charge in [-0.15, -0.1) is 0 Å². The van der Waals surface area contributed by atoms with Crippen molar-refractivity contribution in [3.63, 3.8) is 0 Å². The maximum absolute atomic E-state index is 15.1. The maximum atomic E-state index is 15.1. The third-order valence-electron chi connectivity index (χ3n) is 4.48. The molecule has 0 spiro atoms. The molecular formula is C20H17BFNO2. The highest BCUT2D eigenvalue weighted by atomic mass is 19.1. The highest BCUT2D eigenvalue weighted by Gasteiger charge is 2.44. The van der Waals surface area contributed by atoms with Crippen molar-refractivity contribution in [3.8, 4) is 11.3 Å². The number of hydrogen-bond donors (Lipinski definition) is 0. The van der Waals surface area contributed by atoms with E-state index in [1.165, 1.54) is 0 Å². The molecule has 3 aromatic rings. The van der Waals surface area contributed by atoms with Gasteiger partial charge in [0.05, 0.1) is 11.5 Å². The van der Waals surface area contributed by atoms with E-state index in [1.807, 2.05) is 62.4 Å². The topological polar surface area (TPSA) is 31.4 Å². The predicted octanol–water partition coefficient (Wildman–Crippen LogP) is 4.08. The van der Waals surface area contributed by atoms with E-state index in [9.17, 15) is 0 Å². The van der Waals surface area contributed by atoms with Crippen molar-refractivity contribution in [1.82, 2.24) is 4.98 Å². The molecule has 3 nitrogen and oxygen atoms in total. The van der Waals surface area contributed by atoms with E-state index in [1.54, 1.807) is 6.07 Å². The Labute approximate surface area is 146 Å². The first-order valence-corrected chi connectivity index (χ1v) is 8.14. The molecule has 124 valence electrons. The van der Waals surface area contributed by atoms with Gasteiger partial charge in [-0.1, -0.05) is 55.1 Å². The third-order valence-corrected chi connectivity index (χ3v) is 4.48. The summed E-state index contributed by atoms with van der Waals surface area (Å²) in [7, 11) is -0.811. The first-order chi connectivity index (χ1) is 12.0. The molecule has 0 saturated carbocycles. The van der Waals surface area contributed by atoms with Crippen LogP contribution in [0.15, 0.2) is 66.9 Å². The number of nitrogens with zero attached hydrogens (tertiary/aromatic N) is 1. The smallest absolute Gasteiger partial charge is 0.534 e. The van der Waals surface area contributed by atoms with E-state index < -0.39 is 18.5 Å². The van der Waals surface area contributed by atoms with E-state index in [-0.39, 0.29) is 0 Å². The van der Waals surface area contributed by atoms with Crippen LogP contribution < -0.4 is 5.46 Å². The van der Waals surface area contributed by atoms with Gasteiger partial charge in [0.25, 0.3) is 0 Å². The molecule has 0 radical (unpaired) electrons. The fourth-order valence-corrected chi connectivity index (χ4v) is 2.88. The monoisotopic (exact) mass is 333 g/mol. The van der Waals surface area contributed by atoms with Crippen LogP contribution in [0.2, 0.25) is 0 Å². The van der Waals surface area contributed by atoms with Gasteiger partial charge in [-0.25, -0.2) is 9.37 Å². The zero-order valence-electron chi connectivity index (χ0n) is 14.1. The van der Waals surface area contributed by atoms with Gasteiger partial charge in [0, 0.05) is 16.4 Å². The first kappa shape index (κ1) is 15.8. The molecule has 4 rings (SSSR count). The lowest BCUT2D eigenvalue weighted by Gasteiger charge is -2.15. The summed E-state index contributed by atoms with van der Waals surface area (Å²) in [5.74, 6) is 0.0637. The quantitative estimate of drug-likeness (QED) is 0.663. The molecule has 1 saturated heterocycles. The van der Waals surface area contributed by atoms with Crippen LogP contribution in [-0.2, 0) is 9.31 Å². The summed E-state index contributed by atoms with van der Waals surface area (Å²) < 4.78 is 26.6. The highest BCUT2D eigenvalue weighted by Crippen LogP contribution is 2.30. The van der Waals surface area contributed by atoms with E-state index >= 15 is 4.39 Å². The Morgan fingerprint density at radius 1 is 1.04 bits per heavy atom. The summed E-state index contributed by atoms with van der Waals surface area (Å²) >= 11 is 0. The SMILES string of the molecule is C=C1OB(c2ccc3ccc(-c4ccccc4)nc3c2F)OC1(C)C. The largest absolute Gasteiger partial charge is 0.566 e. The second kappa shape index (κ2) is 5.71. The average molecular weight is 333 g/mol. The summed E-state index contributed by atoms with van der Waals surface area (Å²) in [4.78, 5) is 4.52. The van der Waals surface area contributed by atoms with Gasteiger partial charge in [0.15, 0.2) is 5.82 Å². The van der Waals surface area contributed by atoms with Crippen molar-refractivity contribution in [3.05, 3.63) is 72.8 Å². The molecule has 0 N–H and O–H groups in total. The molecule has 0 amide bonds. The summed E-state index contributed by atoms with van der Waals surface area (Å²) in [5, 5.41) is 0.733. The third kappa shape index (κ3) is 2.70. The Morgan fingerprint density at radius 2 is 1.76 bits per heavy atom. The highest BCUT2D eigenvalue weighted by molar-refractivity contribution is 6.62. The molecule has 1 aliphatic heterocycles. The van der Waals surface area contributed by atoms with Gasteiger partial charge < -0.3 is 9.31 Å². The van der Waals surface area contributed by atoms with Gasteiger partial charge >= 0.3 is 7.12 Å². The number of rotatable bonds is 2. The molecule has 0 unspecified atom stereocenters. The van der Waals surface area contributed by atoms with Crippen LogP contribution in [0.25, 0.3) is 22.2 Å². The van der Waals surface area contributed by atoms with Crippen LogP contribution in [0, 0.1) is 5.82 Å². The number of hydrogen-bond acceptors (Lipinski definition) is 3. The molecular weight excluding hydrogens is 316 g/mol. The molecule has 0 aliphatic carbocycles. The van der Waals surface area contributed by atoms with E-state index in [0.717, 1.165) is 16.6 Å². The van der Waals surface area contributed by atoms with Crippen LogP contribution in [0.1, 0.15) is 13.8 Å². The molecule has 2 heterocycles. The standard InChI is InChI=1S/C20H17BFNO2/c1-13-20(2,3)25-21(24-13)16-11-9-15-10-12-17(23-19(15)18(16)22)14-7-5-4-6-8-14/h4-12H,1H2,2-3H3. The minimum atomic E-state index is -0.811. The van der Waals surface area contributed by atoms with E-state index in [4.69, 9.17) is 9.31 Å². The lowest BCUT2D eigenvalue weighted by molar-refractivity contribution is 0.173. The molecule has 1 aromatic heterocycles. The van der Waals surface area contributed by atoms with Crippen molar-refractivity contribution in [2.75, 3.05) is 0 Å². The average Bonchev–Trinajstić information content (AvgIpc) is 2.88. The van der Waals surface area contributed by atoms with E-state index in [0.29, 0.717) is 16.7 Å². The zero-order valence-corrected chi connectivity index (χ0v) is 14.1. The molecule has 0 atom stereocenters. The van der Waals surface area contributed by atoms with Gasteiger partial charge in [0.2, 0.25) is 0 Å². The summed E-state index contributed by atoms with van der Waals surface area (Å²) in [6, 6.07) is 17.0. The van der Waals surface area contributed by atoms with Gasteiger partial charge in [0.1, 0.15) is 11.1 Å². The maximum Gasteiger partial charge on any atom is 0.566 e. The van der Waals surface area contributed by atoms with Crippen LogP contribution in [0.5, 0.6) is 0 Å². The molecule has 2 aromatic carbocycles. The van der Waals surface area contributed by atoms with Crippen molar-refractivity contribution in [2.24, 2.45) is 0 Å². The lowest BCUT2D eigenvalue weighted by Crippen LogP contribution is -2.36. The second-order valence-electron chi connectivity index (χ2n) is 6.60. The number of pyridine rings is 1. The van der Waals surface area contributed by atoms with Crippen molar-refractivity contribution in [1.29, 1.82) is 0 Å². The first-order valence-electron chi connectivity index (χ1n) is 8.14. The Kier molecular flexibility index (Phi) is 3.62. The second-order valence-corrected chi connectivity index (χ2v) is 6.60. The van der Waals surface area contributed by atoms with Crippen LogP contribution in [-0.4, -0.2) is 17.7 Å². The molecule has 1 fully saturated rings. The molecule has 25 heavy (non-hydrogen) atoms. The minimum Gasteiger partial charge on any atom is -0.534 e. The molecule has 1 aliphatic rings. The fourth-order valence-electron chi connectivity index (χ4n) is 2.88. The Morgan fingerprint density at radius 3 is 2.44 bits per heavy atom. The van der Waals surface area contributed by atoms with Crippen LogP contribution >= 0.6 is 0 Å². The number of aromatic nitrogens is 1. The number of halogens is 1. The lowest BCUT2D eigenvalue weighted by atomic mass is 9.78. The van der Waals surface area contributed by atoms with Gasteiger partial charge in [-0.05, 0) is 19.9 Å². The minimum absolute atomic E-state index is 0.307. The van der Waals surface area contributed by atoms with Gasteiger partial charge in [-0.2, -0.15) is 0 Å². The van der Waals surface area contributed by atoms with E-state index in [2.05, 4.69) is 11.6 Å². The number of benzene rings is 2. The van der Waals surface area contributed by atoms with Crippen molar-refractivity contribution in [2.45, 2.75) is 19.4 Å². The zero-order chi connectivity index (χ0) is 17.6. The van der Waals surface area contributed by atoms with Crippen molar-refractivity contribution < 1.29 is 13.7 Å². The van der Waals surface area contributed by atoms with Crippen LogP contribution in [0.4, 0.5) is 4.39 Å². The molecule has 5 heteroatoms. The summed E-state index contributed by atoms with van der Waals surface area (Å²) in [6.45, 7) is 7.54. The van der Waals surface area contributed by atoms with Gasteiger partial charge in [-0.3, -0.25) is 0 Å². The molecule has 0 bridgehead atoms.